The average molecular weight is 288 g/mol. The SMILES string of the molecule is CC(C)(C)c1cc(C(=O)NCc2ccco2)cc(NN)n1. The van der Waals surface area contributed by atoms with Gasteiger partial charge in [-0.15, -0.1) is 0 Å². The van der Waals surface area contributed by atoms with E-state index in [2.05, 4.69) is 15.7 Å². The van der Waals surface area contributed by atoms with Crippen LogP contribution >= 0.6 is 0 Å². The molecule has 21 heavy (non-hydrogen) atoms. The van der Waals surface area contributed by atoms with E-state index < -0.39 is 0 Å². The lowest BCUT2D eigenvalue weighted by Crippen LogP contribution is -2.25. The number of aromatic nitrogens is 1. The van der Waals surface area contributed by atoms with Crippen LogP contribution in [0.3, 0.4) is 0 Å². The topological polar surface area (TPSA) is 93.2 Å². The largest absolute Gasteiger partial charge is 0.467 e. The van der Waals surface area contributed by atoms with E-state index >= 15 is 0 Å². The first-order valence-corrected chi connectivity index (χ1v) is 6.70. The van der Waals surface area contributed by atoms with Crippen molar-refractivity contribution in [2.45, 2.75) is 32.7 Å². The van der Waals surface area contributed by atoms with E-state index in [0.29, 0.717) is 23.7 Å². The number of hydrogen-bond acceptors (Lipinski definition) is 5. The predicted molar refractivity (Wildman–Crippen MR) is 80.6 cm³/mol. The molecule has 0 saturated carbocycles. The molecule has 0 atom stereocenters. The van der Waals surface area contributed by atoms with E-state index in [9.17, 15) is 4.79 Å². The third kappa shape index (κ3) is 3.82. The van der Waals surface area contributed by atoms with Gasteiger partial charge in [0.15, 0.2) is 0 Å². The second kappa shape index (κ2) is 5.97. The highest BCUT2D eigenvalue weighted by Crippen LogP contribution is 2.23. The molecule has 0 fully saturated rings. The fourth-order valence-electron chi connectivity index (χ4n) is 1.80. The molecular formula is C15H20N4O2. The molecule has 2 heterocycles. The Balaban J connectivity index is 2.19. The number of hydrazine groups is 1. The summed E-state index contributed by atoms with van der Waals surface area (Å²) in [5, 5.41) is 2.80. The van der Waals surface area contributed by atoms with Gasteiger partial charge in [-0.25, -0.2) is 10.8 Å². The first-order valence-electron chi connectivity index (χ1n) is 6.70. The number of nitrogens with two attached hydrogens (primary N) is 1. The second-order valence-corrected chi connectivity index (χ2v) is 5.78. The summed E-state index contributed by atoms with van der Waals surface area (Å²) in [5.74, 6) is 6.39. The van der Waals surface area contributed by atoms with Gasteiger partial charge in [-0.2, -0.15) is 0 Å². The Bertz CT molecular complexity index is 615. The molecule has 2 aromatic heterocycles. The number of anilines is 1. The molecule has 1 amide bonds. The van der Waals surface area contributed by atoms with Crippen LogP contribution in [0.4, 0.5) is 5.82 Å². The zero-order valence-corrected chi connectivity index (χ0v) is 12.4. The molecule has 0 spiro atoms. The predicted octanol–water partition coefficient (Wildman–Crippen LogP) is 2.19. The van der Waals surface area contributed by atoms with Crippen LogP contribution in [0.2, 0.25) is 0 Å². The first-order chi connectivity index (χ1) is 9.90. The molecule has 0 aliphatic rings. The molecule has 0 radical (unpaired) electrons. The van der Waals surface area contributed by atoms with Gasteiger partial charge >= 0.3 is 0 Å². The minimum absolute atomic E-state index is 0.178. The lowest BCUT2D eigenvalue weighted by atomic mass is 9.90. The molecule has 2 rings (SSSR count). The zero-order chi connectivity index (χ0) is 15.5. The molecule has 0 aromatic carbocycles. The van der Waals surface area contributed by atoms with E-state index in [-0.39, 0.29) is 11.3 Å². The maximum Gasteiger partial charge on any atom is 0.251 e. The van der Waals surface area contributed by atoms with Crippen molar-refractivity contribution in [3.63, 3.8) is 0 Å². The summed E-state index contributed by atoms with van der Waals surface area (Å²) in [6.45, 7) is 6.42. The standard InChI is InChI=1S/C15H20N4O2/c1-15(2,3)12-7-10(8-13(18-12)19-16)14(20)17-9-11-5-4-6-21-11/h4-8H,9,16H2,1-3H3,(H,17,20)(H,18,19). The number of carbonyl (C=O) groups is 1. The Morgan fingerprint density at radius 3 is 2.71 bits per heavy atom. The number of carbonyl (C=O) groups excluding carboxylic acids is 1. The van der Waals surface area contributed by atoms with Gasteiger partial charge in [0, 0.05) is 16.7 Å². The molecule has 0 bridgehead atoms. The van der Waals surface area contributed by atoms with Crippen LogP contribution in [-0.2, 0) is 12.0 Å². The van der Waals surface area contributed by atoms with Gasteiger partial charge in [0.1, 0.15) is 11.6 Å². The number of rotatable bonds is 4. The Kier molecular flexibility index (Phi) is 4.28. The minimum atomic E-state index is -0.198. The lowest BCUT2D eigenvalue weighted by molar-refractivity contribution is 0.0948. The van der Waals surface area contributed by atoms with E-state index in [0.717, 1.165) is 5.69 Å². The van der Waals surface area contributed by atoms with Crippen LogP contribution < -0.4 is 16.6 Å². The summed E-state index contributed by atoms with van der Waals surface area (Å²) in [4.78, 5) is 16.6. The van der Waals surface area contributed by atoms with Crippen LogP contribution in [0.15, 0.2) is 34.9 Å². The van der Waals surface area contributed by atoms with Crippen LogP contribution in [0.25, 0.3) is 0 Å². The van der Waals surface area contributed by atoms with Crippen molar-refractivity contribution < 1.29 is 9.21 Å². The number of hydrogen-bond donors (Lipinski definition) is 3. The van der Waals surface area contributed by atoms with Gasteiger partial charge in [-0.05, 0) is 24.3 Å². The van der Waals surface area contributed by atoms with Gasteiger partial charge < -0.3 is 15.2 Å². The number of nitrogen functional groups attached to an aromatic ring is 1. The highest BCUT2D eigenvalue weighted by molar-refractivity contribution is 5.95. The Morgan fingerprint density at radius 1 is 1.38 bits per heavy atom. The second-order valence-electron chi connectivity index (χ2n) is 5.78. The molecule has 112 valence electrons. The minimum Gasteiger partial charge on any atom is -0.467 e. The molecule has 0 aliphatic heterocycles. The quantitative estimate of drug-likeness (QED) is 0.592. The van der Waals surface area contributed by atoms with Crippen molar-refractivity contribution in [2.75, 3.05) is 5.43 Å². The third-order valence-electron chi connectivity index (χ3n) is 3.01. The maximum absolute atomic E-state index is 12.2. The molecule has 0 saturated heterocycles. The zero-order valence-electron chi connectivity index (χ0n) is 12.4. The van der Waals surface area contributed by atoms with E-state index in [1.54, 1.807) is 30.5 Å². The van der Waals surface area contributed by atoms with E-state index in [1.807, 2.05) is 20.8 Å². The molecule has 6 nitrogen and oxygen atoms in total. The van der Waals surface area contributed by atoms with Crippen molar-refractivity contribution in [1.29, 1.82) is 0 Å². The van der Waals surface area contributed by atoms with Crippen molar-refractivity contribution in [2.24, 2.45) is 5.84 Å². The van der Waals surface area contributed by atoms with E-state index in [1.165, 1.54) is 0 Å². The summed E-state index contributed by atoms with van der Waals surface area (Å²) >= 11 is 0. The van der Waals surface area contributed by atoms with Crippen molar-refractivity contribution in [3.05, 3.63) is 47.5 Å². The fourth-order valence-corrected chi connectivity index (χ4v) is 1.80. The van der Waals surface area contributed by atoms with Crippen LogP contribution in [-0.4, -0.2) is 10.9 Å². The molecule has 4 N–H and O–H groups in total. The lowest BCUT2D eigenvalue weighted by Gasteiger charge is -2.19. The molecular weight excluding hydrogens is 268 g/mol. The van der Waals surface area contributed by atoms with Gasteiger partial charge in [-0.3, -0.25) is 4.79 Å². The molecule has 2 aromatic rings. The van der Waals surface area contributed by atoms with E-state index in [4.69, 9.17) is 10.3 Å². The number of furan rings is 1. The molecule has 0 aliphatic carbocycles. The van der Waals surface area contributed by atoms with Crippen molar-refractivity contribution in [1.82, 2.24) is 10.3 Å². The number of amides is 1. The normalized spacial score (nSPS) is 11.2. The fraction of sp³-hybridized carbons (Fsp3) is 0.333. The number of nitrogens with one attached hydrogen (secondary N) is 2. The monoisotopic (exact) mass is 288 g/mol. The summed E-state index contributed by atoms with van der Waals surface area (Å²) in [6.07, 6.45) is 1.57. The summed E-state index contributed by atoms with van der Waals surface area (Å²) in [6, 6.07) is 6.98. The Morgan fingerprint density at radius 2 is 2.14 bits per heavy atom. The summed E-state index contributed by atoms with van der Waals surface area (Å²) < 4.78 is 5.18. The Labute approximate surface area is 123 Å². The smallest absolute Gasteiger partial charge is 0.251 e. The van der Waals surface area contributed by atoms with Crippen LogP contribution in [0, 0.1) is 0 Å². The summed E-state index contributed by atoms with van der Waals surface area (Å²) in [7, 11) is 0. The highest BCUT2D eigenvalue weighted by Gasteiger charge is 2.19. The average Bonchev–Trinajstić information content (AvgIpc) is 2.96. The highest BCUT2D eigenvalue weighted by atomic mass is 16.3. The summed E-state index contributed by atoms with van der Waals surface area (Å²) in [5.41, 5.74) is 3.62. The maximum atomic E-state index is 12.2. The number of nitrogens with zero attached hydrogens (tertiary/aromatic N) is 1. The molecule has 0 unspecified atom stereocenters. The van der Waals surface area contributed by atoms with Gasteiger partial charge in [0.05, 0.1) is 12.8 Å². The van der Waals surface area contributed by atoms with Gasteiger partial charge in [-0.1, -0.05) is 20.8 Å². The first kappa shape index (κ1) is 15.1. The third-order valence-corrected chi connectivity index (χ3v) is 3.01. The van der Waals surface area contributed by atoms with Crippen LogP contribution in [0.1, 0.15) is 42.6 Å². The molecule has 6 heteroatoms. The van der Waals surface area contributed by atoms with Crippen molar-refractivity contribution in [3.8, 4) is 0 Å². The Hall–Kier alpha value is -2.34. The van der Waals surface area contributed by atoms with Gasteiger partial charge in [0.2, 0.25) is 0 Å². The van der Waals surface area contributed by atoms with Crippen molar-refractivity contribution >= 4 is 11.7 Å². The number of pyridine rings is 1. The van der Waals surface area contributed by atoms with Gasteiger partial charge in [0.25, 0.3) is 5.91 Å². The van der Waals surface area contributed by atoms with Crippen LogP contribution in [0.5, 0.6) is 0 Å².